The Morgan fingerprint density at radius 2 is 1.82 bits per heavy atom. The van der Waals surface area contributed by atoms with Crippen molar-refractivity contribution in [2.75, 3.05) is 13.2 Å². The monoisotopic (exact) mass is 470 g/mol. The van der Waals surface area contributed by atoms with Crippen LogP contribution in [0.1, 0.15) is 30.9 Å². The van der Waals surface area contributed by atoms with Gasteiger partial charge in [-0.05, 0) is 59.7 Å². The van der Waals surface area contributed by atoms with Gasteiger partial charge in [0.05, 0.1) is 16.4 Å². The molecule has 1 aliphatic rings. The topological polar surface area (TPSA) is 116 Å². The Bertz CT molecular complexity index is 1070. The maximum Gasteiger partial charge on any atom is 0.326 e. The second-order valence-corrected chi connectivity index (χ2v) is 8.12. The number of benzene rings is 2. The Kier molecular flexibility index (Phi) is 8.20. The van der Waals surface area contributed by atoms with Crippen molar-refractivity contribution < 1.29 is 28.8 Å². The minimum Gasteiger partial charge on any atom is -0.489 e. The molecule has 0 N–H and O–H groups in total. The van der Waals surface area contributed by atoms with E-state index in [1.807, 2.05) is 6.92 Å². The molecular weight excluding hydrogens is 448 g/mol. The minimum atomic E-state index is -0.610. The van der Waals surface area contributed by atoms with E-state index < -0.39 is 28.6 Å². The number of non-ortho nitro benzene ring substituents is 1. The standard InChI is InChI=1S/C23H22N2O7S/c1-2-3-12-31-21(26)14-24-22(27)20(33-23(24)28)13-16-6-10-19(11-7-16)32-15-17-4-8-18(9-5-17)25(29)30/h4-11,13H,2-3,12,14-15H2,1H3/b20-13+. The molecule has 2 aromatic carbocycles. The lowest BCUT2D eigenvalue weighted by Crippen LogP contribution is -2.34. The first-order valence-corrected chi connectivity index (χ1v) is 11.1. The zero-order valence-electron chi connectivity index (χ0n) is 17.9. The maximum absolute atomic E-state index is 12.5. The van der Waals surface area contributed by atoms with Gasteiger partial charge in [0, 0.05) is 12.1 Å². The van der Waals surface area contributed by atoms with Crippen molar-refractivity contribution in [2.45, 2.75) is 26.4 Å². The van der Waals surface area contributed by atoms with Crippen molar-refractivity contribution in [3.05, 3.63) is 74.7 Å². The molecule has 33 heavy (non-hydrogen) atoms. The molecule has 172 valence electrons. The van der Waals surface area contributed by atoms with E-state index in [1.165, 1.54) is 12.1 Å². The van der Waals surface area contributed by atoms with Crippen LogP contribution in [0.15, 0.2) is 53.4 Å². The number of esters is 1. The van der Waals surface area contributed by atoms with Gasteiger partial charge in [-0.1, -0.05) is 25.5 Å². The van der Waals surface area contributed by atoms with Gasteiger partial charge < -0.3 is 9.47 Å². The summed E-state index contributed by atoms with van der Waals surface area (Å²) >= 11 is 0.773. The van der Waals surface area contributed by atoms with E-state index in [-0.39, 0.29) is 23.8 Å². The Morgan fingerprint density at radius 1 is 1.12 bits per heavy atom. The molecule has 2 aromatic rings. The van der Waals surface area contributed by atoms with Crippen LogP contribution in [0, 0.1) is 10.1 Å². The Labute approximate surface area is 194 Å². The predicted molar refractivity (Wildman–Crippen MR) is 122 cm³/mol. The van der Waals surface area contributed by atoms with Gasteiger partial charge in [0.1, 0.15) is 18.9 Å². The summed E-state index contributed by atoms with van der Waals surface area (Å²) in [6.45, 7) is 2.07. The molecule has 0 unspecified atom stereocenters. The quantitative estimate of drug-likeness (QED) is 0.163. The first kappa shape index (κ1) is 24.0. The molecule has 0 aromatic heterocycles. The number of carbonyl (C=O) groups excluding carboxylic acids is 3. The average molecular weight is 471 g/mol. The number of imide groups is 1. The summed E-state index contributed by atoms with van der Waals surface area (Å²) in [5, 5.41) is 10.2. The van der Waals surface area contributed by atoms with Crippen LogP contribution >= 0.6 is 11.8 Å². The Hall–Kier alpha value is -3.66. The molecule has 0 radical (unpaired) electrons. The molecule has 0 saturated carbocycles. The molecule has 0 bridgehead atoms. The minimum absolute atomic E-state index is 0.0147. The number of nitrogens with zero attached hydrogens (tertiary/aromatic N) is 2. The summed E-state index contributed by atoms with van der Waals surface area (Å²) in [5.41, 5.74) is 1.49. The van der Waals surface area contributed by atoms with E-state index >= 15 is 0 Å². The van der Waals surface area contributed by atoms with Crippen molar-refractivity contribution >= 4 is 40.6 Å². The normalized spacial score (nSPS) is 14.6. The number of hydrogen-bond donors (Lipinski definition) is 0. The molecule has 3 rings (SSSR count). The van der Waals surface area contributed by atoms with Crippen LogP contribution in [0.5, 0.6) is 5.75 Å². The fourth-order valence-electron chi connectivity index (χ4n) is 2.83. The maximum atomic E-state index is 12.5. The summed E-state index contributed by atoms with van der Waals surface area (Å²) in [7, 11) is 0. The smallest absolute Gasteiger partial charge is 0.326 e. The predicted octanol–water partition coefficient (Wildman–Crippen LogP) is 4.55. The van der Waals surface area contributed by atoms with Crippen LogP contribution in [-0.4, -0.2) is 40.1 Å². The highest BCUT2D eigenvalue weighted by atomic mass is 32.2. The van der Waals surface area contributed by atoms with Gasteiger partial charge in [-0.25, -0.2) is 0 Å². The highest BCUT2D eigenvalue weighted by Gasteiger charge is 2.36. The molecule has 0 aliphatic carbocycles. The van der Waals surface area contributed by atoms with Crippen LogP contribution in [-0.2, 0) is 20.9 Å². The molecule has 9 nitrogen and oxygen atoms in total. The zero-order chi connectivity index (χ0) is 23.8. The van der Waals surface area contributed by atoms with Crippen LogP contribution in [0.25, 0.3) is 6.08 Å². The number of ether oxygens (including phenoxy) is 2. The van der Waals surface area contributed by atoms with E-state index in [9.17, 15) is 24.5 Å². The SMILES string of the molecule is CCCCOC(=O)CN1C(=O)S/C(=C/c2ccc(OCc3ccc([N+](=O)[O-])cc3)cc2)C1=O. The van der Waals surface area contributed by atoms with Gasteiger partial charge in [0.2, 0.25) is 0 Å². The molecule has 0 spiro atoms. The highest BCUT2D eigenvalue weighted by Crippen LogP contribution is 2.32. The van der Waals surface area contributed by atoms with Gasteiger partial charge >= 0.3 is 5.97 Å². The fraction of sp³-hybridized carbons (Fsp3) is 0.261. The van der Waals surface area contributed by atoms with E-state index in [4.69, 9.17) is 9.47 Å². The molecular formula is C23H22N2O7S. The second kappa shape index (κ2) is 11.3. The van der Waals surface area contributed by atoms with Gasteiger partial charge in [-0.3, -0.25) is 29.4 Å². The lowest BCUT2D eigenvalue weighted by atomic mass is 10.2. The molecule has 1 saturated heterocycles. The van der Waals surface area contributed by atoms with Crippen molar-refractivity contribution in [1.29, 1.82) is 0 Å². The molecule has 1 fully saturated rings. The second-order valence-electron chi connectivity index (χ2n) is 7.12. The van der Waals surface area contributed by atoms with Crippen LogP contribution < -0.4 is 4.74 Å². The van der Waals surface area contributed by atoms with E-state index in [0.29, 0.717) is 11.3 Å². The molecule has 2 amide bonds. The Balaban J connectivity index is 1.56. The molecule has 1 heterocycles. The molecule has 10 heteroatoms. The van der Waals surface area contributed by atoms with Crippen LogP contribution in [0.2, 0.25) is 0 Å². The number of carbonyl (C=O) groups is 3. The van der Waals surface area contributed by atoms with Crippen LogP contribution in [0.3, 0.4) is 0 Å². The number of hydrogen-bond acceptors (Lipinski definition) is 8. The van der Waals surface area contributed by atoms with Crippen LogP contribution in [0.4, 0.5) is 10.5 Å². The number of thioether (sulfide) groups is 1. The summed E-state index contributed by atoms with van der Waals surface area (Å²) < 4.78 is 10.7. The van der Waals surface area contributed by atoms with E-state index in [1.54, 1.807) is 42.5 Å². The first-order chi connectivity index (χ1) is 15.9. The lowest BCUT2D eigenvalue weighted by molar-refractivity contribution is -0.384. The number of rotatable bonds is 10. The lowest BCUT2D eigenvalue weighted by Gasteiger charge is -2.11. The Morgan fingerprint density at radius 3 is 2.45 bits per heavy atom. The van der Waals surface area contributed by atoms with Gasteiger partial charge in [0.15, 0.2) is 0 Å². The van der Waals surface area contributed by atoms with E-state index in [0.717, 1.165) is 35.1 Å². The number of unbranched alkanes of at least 4 members (excludes halogenated alkanes) is 1. The number of nitro benzene ring substituents is 1. The van der Waals surface area contributed by atoms with Crippen molar-refractivity contribution in [1.82, 2.24) is 4.90 Å². The molecule has 0 atom stereocenters. The van der Waals surface area contributed by atoms with Gasteiger partial charge in [-0.15, -0.1) is 0 Å². The zero-order valence-corrected chi connectivity index (χ0v) is 18.7. The number of amides is 2. The largest absolute Gasteiger partial charge is 0.489 e. The first-order valence-electron chi connectivity index (χ1n) is 10.2. The summed E-state index contributed by atoms with van der Waals surface area (Å²) in [6.07, 6.45) is 3.17. The van der Waals surface area contributed by atoms with Crippen molar-refractivity contribution in [2.24, 2.45) is 0 Å². The third-order valence-corrected chi connectivity index (χ3v) is 5.56. The third kappa shape index (κ3) is 6.66. The summed E-state index contributed by atoms with van der Waals surface area (Å²) in [6, 6.07) is 13.0. The van der Waals surface area contributed by atoms with Gasteiger partial charge in [0.25, 0.3) is 16.8 Å². The third-order valence-electron chi connectivity index (χ3n) is 4.65. The number of nitro groups is 1. The van der Waals surface area contributed by atoms with E-state index in [2.05, 4.69) is 0 Å². The summed E-state index contributed by atoms with van der Waals surface area (Å²) in [5.74, 6) is -0.564. The highest BCUT2D eigenvalue weighted by molar-refractivity contribution is 8.18. The summed E-state index contributed by atoms with van der Waals surface area (Å²) in [4.78, 5) is 47.8. The van der Waals surface area contributed by atoms with Crippen molar-refractivity contribution in [3.8, 4) is 5.75 Å². The average Bonchev–Trinajstić information content (AvgIpc) is 3.06. The van der Waals surface area contributed by atoms with Gasteiger partial charge in [-0.2, -0.15) is 0 Å². The fourth-order valence-corrected chi connectivity index (χ4v) is 3.67. The van der Waals surface area contributed by atoms with Crippen molar-refractivity contribution in [3.63, 3.8) is 0 Å². The molecule has 1 aliphatic heterocycles.